The van der Waals surface area contributed by atoms with Crippen LogP contribution in [0.2, 0.25) is 0 Å². The normalized spacial score (nSPS) is 15.2. The Balaban J connectivity index is 1.82. The van der Waals surface area contributed by atoms with Gasteiger partial charge in [0.05, 0.1) is 18.4 Å². The van der Waals surface area contributed by atoms with Gasteiger partial charge in [0.2, 0.25) is 0 Å². The molecule has 0 amide bonds. The second kappa shape index (κ2) is 7.19. The van der Waals surface area contributed by atoms with Crippen molar-refractivity contribution in [3.05, 3.63) is 81.8 Å². The van der Waals surface area contributed by atoms with E-state index in [2.05, 4.69) is 20.6 Å². The fourth-order valence-electron chi connectivity index (χ4n) is 3.25. The molecule has 1 aliphatic heterocycles. The van der Waals surface area contributed by atoms with Crippen LogP contribution < -0.4 is 25.9 Å². The van der Waals surface area contributed by atoms with Gasteiger partial charge in [0.1, 0.15) is 5.75 Å². The maximum absolute atomic E-state index is 12.7. The third-order valence-corrected chi connectivity index (χ3v) is 4.61. The van der Waals surface area contributed by atoms with Crippen LogP contribution in [0.15, 0.2) is 59.4 Å². The Morgan fingerprint density at radius 2 is 1.89 bits per heavy atom. The number of hydrogen-bond donors (Lipinski definition) is 3. The fraction of sp³-hybridized carbons (Fsp3) is 0.190. The highest BCUT2D eigenvalue weighted by molar-refractivity contribution is 5.99. The molecule has 0 unspecified atom stereocenters. The number of aromatic nitrogens is 2. The van der Waals surface area contributed by atoms with Gasteiger partial charge in [0.15, 0.2) is 6.17 Å². The summed E-state index contributed by atoms with van der Waals surface area (Å²) < 4.78 is 7.11. The largest absolute Gasteiger partial charge is 0.496 e. The van der Waals surface area contributed by atoms with E-state index < -0.39 is 6.17 Å². The van der Waals surface area contributed by atoms with E-state index in [4.69, 9.17) is 4.74 Å². The summed E-state index contributed by atoms with van der Waals surface area (Å²) in [6.07, 6.45) is -0.471. The van der Waals surface area contributed by atoms with E-state index in [1.807, 2.05) is 55.5 Å². The number of hydrogen-bond acceptors (Lipinski definition) is 5. The molecule has 0 saturated heterocycles. The lowest BCUT2D eigenvalue weighted by molar-refractivity contribution is -0.520. The summed E-state index contributed by atoms with van der Waals surface area (Å²) >= 11 is 0. The number of ether oxygens (including phenoxy) is 1. The highest BCUT2D eigenvalue weighted by Crippen LogP contribution is 2.25. The molecule has 7 heteroatoms. The predicted octanol–water partition coefficient (Wildman–Crippen LogP) is 1.39. The van der Waals surface area contributed by atoms with Crippen molar-refractivity contribution in [2.24, 2.45) is 0 Å². The summed E-state index contributed by atoms with van der Waals surface area (Å²) in [5, 5.41) is 6.51. The molecule has 3 N–H and O–H groups in total. The van der Waals surface area contributed by atoms with Crippen molar-refractivity contribution in [2.75, 3.05) is 17.7 Å². The molecule has 3 aromatic rings. The maximum atomic E-state index is 12.7. The molecule has 2 heterocycles. The Morgan fingerprint density at radius 3 is 2.64 bits per heavy atom. The molecule has 142 valence electrons. The molecule has 1 aliphatic rings. The Hall–Kier alpha value is -3.61. The molecule has 7 nitrogen and oxygen atoms in total. The summed E-state index contributed by atoms with van der Waals surface area (Å²) in [6.45, 7) is 3.85. The number of fused-ring (bicyclic) bond motifs is 1. The molecule has 28 heavy (non-hydrogen) atoms. The molecular weight excluding hydrogens is 354 g/mol. The van der Waals surface area contributed by atoms with Crippen molar-refractivity contribution in [1.82, 2.24) is 9.55 Å². The van der Waals surface area contributed by atoms with Gasteiger partial charge in [0.25, 0.3) is 11.5 Å². The summed E-state index contributed by atoms with van der Waals surface area (Å²) in [5.74, 6) is 1.79. The molecule has 0 fully saturated rings. The first-order chi connectivity index (χ1) is 13.5. The van der Waals surface area contributed by atoms with Gasteiger partial charge in [-0.2, -0.15) is 0 Å². The van der Waals surface area contributed by atoms with Gasteiger partial charge in [-0.25, -0.2) is 20.2 Å². The molecule has 1 aromatic heterocycles. The van der Waals surface area contributed by atoms with Crippen molar-refractivity contribution in [3.8, 4) is 5.75 Å². The minimum Gasteiger partial charge on any atom is -0.496 e. The number of nitrogens with one attached hydrogen (secondary N) is 3. The smallest absolute Gasteiger partial charge is 0.357 e. The van der Waals surface area contributed by atoms with Crippen molar-refractivity contribution in [3.63, 3.8) is 0 Å². The highest BCUT2D eigenvalue weighted by atomic mass is 16.5. The van der Waals surface area contributed by atoms with Gasteiger partial charge < -0.3 is 4.74 Å². The zero-order valence-electron chi connectivity index (χ0n) is 16.0. The molecule has 2 aromatic carbocycles. The second-order valence-electron chi connectivity index (χ2n) is 6.71. The highest BCUT2D eigenvalue weighted by Gasteiger charge is 2.30. The van der Waals surface area contributed by atoms with E-state index in [-0.39, 0.29) is 5.56 Å². The van der Waals surface area contributed by atoms with Crippen LogP contribution in [-0.4, -0.2) is 22.6 Å². The molecule has 4 rings (SSSR count). The number of guanidine groups is 1. The zero-order valence-corrected chi connectivity index (χ0v) is 16.0. The first-order valence-corrected chi connectivity index (χ1v) is 9.02. The maximum Gasteiger partial charge on any atom is 0.357 e. The number of aryl methyl sites for hydroxylation is 2. The minimum atomic E-state index is -0.471. The Bertz CT molecular complexity index is 1100. The monoisotopic (exact) mass is 376 g/mol. The Morgan fingerprint density at radius 1 is 1.14 bits per heavy atom. The van der Waals surface area contributed by atoms with Crippen LogP contribution in [0.4, 0.5) is 11.6 Å². The fourth-order valence-corrected chi connectivity index (χ4v) is 3.25. The number of methoxy groups -OCH3 is 1. The summed E-state index contributed by atoms with van der Waals surface area (Å²) in [7, 11) is 1.62. The first-order valence-electron chi connectivity index (χ1n) is 9.02. The van der Waals surface area contributed by atoms with Crippen molar-refractivity contribution in [1.29, 1.82) is 0 Å². The first kappa shape index (κ1) is 17.8. The van der Waals surface area contributed by atoms with Gasteiger partial charge >= 0.3 is 5.96 Å². The number of anilines is 2. The van der Waals surface area contributed by atoms with Crippen molar-refractivity contribution < 1.29 is 9.73 Å². The Kier molecular flexibility index (Phi) is 4.57. The van der Waals surface area contributed by atoms with E-state index >= 15 is 0 Å². The molecule has 0 saturated carbocycles. The molecule has 0 aliphatic carbocycles. The third-order valence-electron chi connectivity index (χ3n) is 4.61. The van der Waals surface area contributed by atoms with Gasteiger partial charge in [0, 0.05) is 11.8 Å². The van der Waals surface area contributed by atoms with Crippen molar-refractivity contribution >= 4 is 17.6 Å². The summed E-state index contributed by atoms with van der Waals surface area (Å²) in [6, 6.07) is 17.2. The minimum absolute atomic E-state index is 0.146. The van der Waals surface area contributed by atoms with Gasteiger partial charge in [-0.1, -0.05) is 29.8 Å². The lowest BCUT2D eigenvalue weighted by atomic mass is 10.1. The van der Waals surface area contributed by atoms with Gasteiger partial charge in [-0.05, 0) is 38.1 Å². The average molecular weight is 376 g/mol. The van der Waals surface area contributed by atoms with Crippen LogP contribution in [0.3, 0.4) is 0 Å². The van der Waals surface area contributed by atoms with Crippen LogP contribution in [0.1, 0.15) is 23.0 Å². The number of rotatable bonds is 3. The van der Waals surface area contributed by atoms with Crippen LogP contribution in [-0.2, 0) is 0 Å². The van der Waals surface area contributed by atoms with E-state index in [1.165, 1.54) is 11.6 Å². The molecule has 0 radical (unpaired) electrons. The van der Waals surface area contributed by atoms with E-state index in [0.29, 0.717) is 23.4 Å². The van der Waals surface area contributed by atoms with Crippen LogP contribution in [0, 0.1) is 13.8 Å². The SMILES string of the molecule is COc1ccccc1[C@H]1[NH+]=C(Nc2ccc(C)cc2)Nc2nc(C)cc(=O)n21. The standard InChI is InChI=1S/C21H21N5O2/c1-13-8-10-15(11-9-13)23-20-24-19(16-6-4-5-7-17(16)28-3)26-18(27)12-14(2)22-21(26)25-20/h4-12,19H,1-3H3,(H2,22,23,24,25)/p+1/t19-/m0/s1. The Labute approximate surface area is 162 Å². The number of benzene rings is 2. The topological polar surface area (TPSA) is 82.2 Å². The molecular formula is C21H22N5O2+. The summed E-state index contributed by atoms with van der Waals surface area (Å²) in [4.78, 5) is 20.6. The predicted molar refractivity (Wildman–Crippen MR) is 109 cm³/mol. The lowest BCUT2D eigenvalue weighted by Gasteiger charge is -2.24. The molecule has 0 bridgehead atoms. The second-order valence-corrected chi connectivity index (χ2v) is 6.71. The van der Waals surface area contributed by atoms with Gasteiger partial charge in [-0.15, -0.1) is 0 Å². The van der Waals surface area contributed by atoms with E-state index in [1.54, 1.807) is 18.6 Å². The molecule has 0 spiro atoms. The van der Waals surface area contributed by atoms with Crippen LogP contribution in [0.5, 0.6) is 5.75 Å². The molecule has 1 atom stereocenters. The summed E-state index contributed by atoms with van der Waals surface area (Å²) in [5.41, 5.74) is 3.44. The average Bonchev–Trinajstić information content (AvgIpc) is 2.68. The third kappa shape index (κ3) is 3.34. The lowest BCUT2D eigenvalue weighted by Crippen LogP contribution is -2.82. The van der Waals surface area contributed by atoms with Gasteiger partial charge in [-0.3, -0.25) is 9.79 Å². The number of nitrogens with zero attached hydrogens (tertiary/aromatic N) is 2. The quantitative estimate of drug-likeness (QED) is 0.644. The van der Waals surface area contributed by atoms with E-state index in [9.17, 15) is 4.79 Å². The van der Waals surface area contributed by atoms with E-state index in [0.717, 1.165) is 11.3 Å². The van der Waals surface area contributed by atoms with Crippen LogP contribution >= 0.6 is 0 Å². The number of para-hydroxylation sites is 1. The zero-order chi connectivity index (χ0) is 19.7. The van der Waals surface area contributed by atoms with Crippen molar-refractivity contribution in [2.45, 2.75) is 20.0 Å². The van der Waals surface area contributed by atoms with Crippen LogP contribution in [0.25, 0.3) is 0 Å².